The summed E-state index contributed by atoms with van der Waals surface area (Å²) < 4.78 is 12.8. The molecule has 0 aliphatic carbocycles. The topological polar surface area (TPSA) is 61.2 Å². The molecule has 96 valence electrons. The van der Waals surface area contributed by atoms with Crippen LogP contribution in [0, 0.1) is 0 Å². The standard InChI is InChI=1S/C11H20N4O2/c1-3-12-9(7-11-16-4-5-17-11)6-10-13-8-14-15(10)2/h8-9,11-12H,3-7H2,1-2H3. The normalized spacial score (nSPS) is 18.7. The van der Waals surface area contributed by atoms with Crippen LogP contribution >= 0.6 is 0 Å². The number of aryl methyl sites for hydroxylation is 1. The summed E-state index contributed by atoms with van der Waals surface area (Å²) >= 11 is 0. The molecule has 1 unspecified atom stereocenters. The summed E-state index contributed by atoms with van der Waals surface area (Å²) in [6.45, 7) is 4.43. The van der Waals surface area contributed by atoms with Crippen molar-refractivity contribution in [2.24, 2.45) is 7.05 Å². The van der Waals surface area contributed by atoms with E-state index in [9.17, 15) is 0 Å². The fraction of sp³-hybridized carbons (Fsp3) is 0.818. The fourth-order valence-electron chi connectivity index (χ4n) is 2.03. The zero-order chi connectivity index (χ0) is 12.1. The second kappa shape index (κ2) is 6.09. The lowest BCUT2D eigenvalue weighted by Crippen LogP contribution is -2.35. The van der Waals surface area contributed by atoms with E-state index in [-0.39, 0.29) is 6.29 Å². The summed E-state index contributed by atoms with van der Waals surface area (Å²) in [5.74, 6) is 0.981. The molecule has 0 saturated carbocycles. The van der Waals surface area contributed by atoms with Gasteiger partial charge in [0.25, 0.3) is 0 Å². The highest BCUT2D eigenvalue weighted by Crippen LogP contribution is 2.12. The van der Waals surface area contributed by atoms with Gasteiger partial charge in [0.05, 0.1) is 13.2 Å². The second-order valence-electron chi connectivity index (χ2n) is 4.17. The first kappa shape index (κ1) is 12.5. The Labute approximate surface area is 101 Å². The molecular weight excluding hydrogens is 220 g/mol. The summed E-state index contributed by atoms with van der Waals surface area (Å²) in [5.41, 5.74) is 0. The van der Waals surface area contributed by atoms with Gasteiger partial charge < -0.3 is 14.8 Å². The highest BCUT2D eigenvalue weighted by Gasteiger charge is 2.22. The van der Waals surface area contributed by atoms with Crippen LogP contribution in [0.2, 0.25) is 0 Å². The number of nitrogens with one attached hydrogen (secondary N) is 1. The molecule has 1 atom stereocenters. The van der Waals surface area contributed by atoms with Crippen molar-refractivity contribution in [2.45, 2.75) is 32.1 Å². The van der Waals surface area contributed by atoms with Crippen LogP contribution in [-0.4, -0.2) is 46.9 Å². The van der Waals surface area contributed by atoms with Gasteiger partial charge in [-0.05, 0) is 6.54 Å². The highest BCUT2D eigenvalue weighted by atomic mass is 16.7. The van der Waals surface area contributed by atoms with Crippen molar-refractivity contribution in [1.82, 2.24) is 20.1 Å². The van der Waals surface area contributed by atoms with Crippen LogP contribution in [0.15, 0.2) is 6.33 Å². The molecular formula is C11H20N4O2. The number of hydrogen-bond acceptors (Lipinski definition) is 5. The third-order valence-electron chi connectivity index (χ3n) is 2.89. The first-order chi connectivity index (χ1) is 8.29. The number of ether oxygens (including phenoxy) is 2. The molecule has 2 rings (SSSR count). The molecule has 0 aromatic carbocycles. The molecule has 1 aliphatic heterocycles. The van der Waals surface area contributed by atoms with E-state index in [1.54, 1.807) is 11.0 Å². The third kappa shape index (κ3) is 3.49. The lowest BCUT2D eigenvalue weighted by atomic mass is 10.1. The van der Waals surface area contributed by atoms with Gasteiger partial charge in [0.2, 0.25) is 0 Å². The van der Waals surface area contributed by atoms with Gasteiger partial charge >= 0.3 is 0 Å². The Morgan fingerprint density at radius 1 is 1.53 bits per heavy atom. The van der Waals surface area contributed by atoms with Gasteiger partial charge in [-0.1, -0.05) is 6.92 Å². The Bertz CT molecular complexity index is 336. The van der Waals surface area contributed by atoms with Crippen LogP contribution < -0.4 is 5.32 Å². The van der Waals surface area contributed by atoms with E-state index in [1.807, 2.05) is 7.05 Å². The predicted octanol–water partition coefficient (Wildman–Crippen LogP) is 0.0987. The molecule has 17 heavy (non-hydrogen) atoms. The Kier molecular flexibility index (Phi) is 4.47. The minimum Gasteiger partial charge on any atom is -0.350 e. The van der Waals surface area contributed by atoms with E-state index in [0.717, 1.165) is 25.2 Å². The summed E-state index contributed by atoms with van der Waals surface area (Å²) in [4.78, 5) is 4.24. The maximum Gasteiger partial charge on any atom is 0.159 e. The third-order valence-corrected chi connectivity index (χ3v) is 2.89. The average molecular weight is 240 g/mol. The van der Waals surface area contributed by atoms with Crippen LogP contribution in [0.4, 0.5) is 0 Å². The first-order valence-corrected chi connectivity index (χ1v) is 6.09. The SMILES string of the molecule is CCNC(Cc1ncnn1C)CC1OCCO1. The molecule has 1 aromatic heterocycles. The van der Waals surface area contributed by atoms with Gasteiger partial charge in [-0.25, -0.2) is 4.98 Å². The Morgan fingerprint density at radius 2 is 2.29 bits per heavy atom. The largest absolute Gasteiger partial charge is 0.350 e. The van der Waals surface area contributed by atoms with Crippen molar-refractivity contribution in [3.05, 3.63) is 12.2 Å². The molecule has 2 heterocycles. The summed E-state index contributed by atoms with van der Waals surface area (Å²) in [5, 5.41) is 7.51. The van der Waals surface area contributed by atoms with E-state index in [4.69, 9.17) is 9.47 Å². The van der Waals surface area contributed by atoms with Crippen LogP contribution in [0.5, 0.6) is 0 Å². The van der Waals surface area contributed by atoms with Gasteiger partial charge in [0.1, 0.15) is 12.2 Å². The number of aromatic nitrogens is 3. The molecule has 1 fully saturated rings. The number of nitrogens with zero attached hydrogens (tertiary/aromatic N) is 3. The van der Waals surface area contributed by atoms with E-state index >= 15 is 0 Å². The van der Waals surface area contributed by atoms with Crippen LogP contribution in [0.3, 0.4) is 0 Å². The lowest BCUT2D eigenvalue weighted by Gasteiger charge is -2.20. The Hall–Kier alpha value is -0.980. The summed E-state index contributed by atoms with van der Waals surface area (Å²) in [7, 11) is 1.91. The smallest absolute Gasteiger partial charge is 0.159 e. The zero-order valence-corrected chi connectivity index (χ0v) is 10.4. The molecule has 1 N–H and O–H groups in total. The Morgan fingerprint density at radius 3 is 2.88 bits per heavy atom. The van der Waals surface area contributed by atoms with E-state index in [1.165, 1.54) is 0 Å². The molecule has 1 aliphatic rings. The van der Waals surface area contributed by atoms with Crippen molar-refractivity contribution >= 4 is 0 Å². The van der Waals surface area contributed by atoms with E-state index < -0.39 is 0 Å². The maximum atomic E-state index is 5.47. The molecule has 6 nitrogen and oxygen atoms in total. The molecule has 0 amide bonds. The van der Waals surface area contributed by atoms with Crippen molar-refractivity contribution in [1.29, 1.82) is 0 Å². The minimum absolute atomic E-state index is 0.0766. The second-order valence-corrected chi connectivity index (χ2v) is 4.17. The zero-order valence-electron chi connectivity index (χ0n) is 10.4. The van der Waals surface area contributed by atoms with Gasteiger partial charge in [0, 0.05) is 25.9 Å². The average Bonchev–Trinajstić information content (AvgIpc) is 2.92. The number of rotatable bonds is 6. The quantitative estimate of drug-likeness (QED) is 0.764. The number of hydrogen-bond donors (Lipinski definition) is 1. The fourth-order valence-corrected chi connectivity index (χ4v) is 2.03. The van der Waals surface area contributed by atoms with Crippen LogP contribution in [0.1, 0.15) is 19.2 Å². The van der Waals surface area contributed by atoms with Crippen LogP contribution in [-0.2, 0) is 22.9 Å². The summed E-state index contributed by atoms with van der Waals surface area (Å²) in [6, 6.07) is 0.311. The van der Waals surface area contributed by atoms with Crippen molar-refractivity contribution < 1.29 is 9.47 Å². The van der Waals surface area contributed by atoms with Crippen molar-refractivity contribution in [3.8, 4) is 0 Å². The van der Waals surface area contributed by atoms with E-state index in [2.05, 4.69) is 22.3 Å². The van der Waals surface area contributed by atoms with Gasteiger partial charge in [0.15, 0.2) is 6.29 Å². The summed E-state index contributed by atoms with van der Waals surface area (Å²) in [6.07, 6.45) is 3.20. The van der Waals surface area contributed by atoms with Gasteiger partial charge in [-0.2, -0.15) is 5.10 Å². The maximum absolute atomic E-state index is 5.47. The first-order valence-electron chi connectivity index (χ1n) is 6.09. The monoisotopic (exact) mass is 240 g/mol. The minimum atomic E-state index is -0.0766. The molecule has 1 aromatic rings. The van der Waals surface area contributed by atoms with E-state index in [0.29, 0.717) is 19.3 Å². The number of likely N-dealkylation sites (N-methyl/N-ethyl adjacent to an activating group) is 1. The lowest BCUT2D eigenvalue weighted by molar-refractivity contribution is -0.0527. The molecule has 0 spiro atoms. The van der Waals surface area contributed by atoms with Crippen molar-refractivity contribution in [3.63, 3.8) is 0 Å². The van der Waals surface area contributed by atoms with Gasteiger partial charge in [-0.3, -0.25) is 4.68 Å². The molecule has 1 saturated heterocycles. The van der Waals surface area contributed by atoms with Gasteiger partial charge in [-0.15, -0.1) is 0 Å². The van der Waals surface area contributed by atoms with Crippen LogP contribution in [0.25, 0.3) is 0 Å². The molecule has 6 heteroatoms. The molecule has 0 bridgehead atoms. The molecule has 0 radical (unpaired) electrons. The predicted molar refractivity (Wildman–Crippen MR) is 62.5 cm³/mol. The Balaban J connectivity index is 1.89. The highest BCUT2D eigenvalue weighted by molar-refractivity contribution is 4.89. The van der Waals surface area contributed by atoms with Crippen molar-refractivity contribution in [2.75, 3.05) is 19.8 Å².